The molecule has 10 heteroatoms. The first-order valence-electron chi connectivity index (χ1n) is 12.3. The van der Waals surface area contributed by atoms with E-state index < -0.39 is 11.7 Å². The van der Waals surface area contributed by atoms with Crippen molar-refractivity contribution in [2.45, 2.75) is 32.6 Å². The van der Waals surface area contributed by atoms with Gasteiger partial charge in [-0.15, -0.1) is 0 Å². The van der Waals surface area contributed by atoms with E-state index in [1.807, 2.05) is 0 Å². The topological polar surface area (TPSA) is 72.5 Å². The maximum absolute atomic E-state index is 13.3. The Labute approximate surface area is 212 Å². The summed E-state index contributed by atoms with van der Waals surface area (Å²) in [5.41, 5.74) is 3.65. The summed E-state index contributed by atoms with van der Waals surface area (Å²) in [4.78, 5) is 32.0. The molecule has 0 saturated carbocycles. The van der Waals surface area contributed by atoms with E-state index in [0.717, 1.165) is 37.5 Å². The van der Waals surface area contributed by atoms with Crippen molar-refractivity contribution in [2.24, 2.45) is 0 Å². The molecule has 3 aromatic rings. The lowest BCUT2D eigenvalue weighted by Crippen LogP contribution is -2.48. The zero-order valence-corrected chi connectivity index (χ0v) is 20.5. The molecule has 2 aromatic carbocycles. The molecule has 0 bridgehead atoms. The maximum Gasteiger partial charge on any atom is 0.416 e. The summed E-state index contributed by atoms with van der Waals surface area (Å²) in [7, 11) is 0. The van der Waals surface area contributed by atoms with E-state index >= 15 is 0 Å². The van der Waals surface area contributed by atoms with Gasteiger partial charge in [-0.1, -0.05) is 29.8 Å². The summed E-state index contributed by atoms with van der Waals surface area (Å²) in [6, 6.07) is 12.7. The molecule has 5 rings (SSSR count). The number of hydrogen-bond donors (Lipinski definition) is 1. The Morgan fingerprint density at radius 3 is 2.22 bits per heavy atom. The number of halogens is 3. The van der Waals surface area contributed by atoms with Crippen LogP contribution in [0.5, 0.6) is 0 Å². The number of amides is 2. The van der Waals surface area contributed by atoms with Crippen LogP contribution in [0.25, 0.3) is 0 Å². The highest BCUT2D eigenvalue weighted by molar-refractivity contribution is 5.96. The molecule has 37 heavy (non-hydrogen) atoms. The Balaban J connectivity index is 1.22. The van der Waals surface area contributed by atoms with E-state index in [2.05, 4.69) is 46.3 Å². The molecule has 2 aliphatic heterocycles. The van der Waals surface area contributed by atoms with Gasteiger partial charge in [0, 0.05) is 62.5 Å². The van der Waals surface area contributed by atoms with E-state index in [0.29, 0.717) is 37.3 Å². The van der Waals surface area contributed by atoms with Gasteiger partial charge in [0.15, 0.2) is 5.69 Å². The first-order valence-corrected chi connectivity index (χ1v) is 12.3. The highest BCUT2D eigenvalue weighted by Crippen LogP contribution is 2.30. The monoisotopic (exact) mass is 511 g/mol. The number of carbonyl (C=O) groups is 2. The van der Waals surface area contributed by atoms with Gasteiger partial charge in [0.25, 0.3) is 11.8 Å². The molecule has 0 radical (unpaired) electrons. The molecule has 0 spiro atoms. The normalized spacial score (nSPS) is 16.5. The lowest BCUT2D eigenvalue weighted by Gasteiger charge is -2.35. The van der Waals surface area contributed by atoms with E-state index in [9.17, 15) is 22.8 Å². The molecule has 0 unspecified atom stereocenters. The highest BCUT2D eigenvalue weighted by Gasteiger charge is 2.33. The fraction of sp³-hybridized carbons (Fsp3) is 0.370. The third-order valence-corrected chi connectivity index (χ3v) is 7.07. The molecular formula is C27H28F3N5O2. The summed E-state index contributed by atoms with van der Waals surface area (Å²) in [6.45, 7) is 6.14. The van der Waals surface area contributed by atoms with Crippen molar-refractivity contribution in [3.05, 3.63) is 87.7 Å². The van der Waals surface area contributed by atoms with Crippen LogP contribution in [-0.2, 0) is 25.7 Å². The first kappa shape index (κ1) is 25.0. The van der Waals surface area contributed by atoms with Crippen LogP contribution in [0, 0.1) is 6.92 Å². The van der Waals surface area contributed by atoms with Crippen LogP contribution in [0.3, 0.4) is 0 Å². The molecule has 2 amide bonds. The van der Waals surface area contributed by atoms with Crippen molar-refractivity contribution >= 4 is 11.8 Å². The van der Waals surface area contributed by atoms with Crippen molar-refractivity contribution in [3.8, 4) is 0 Å². The first-order chi connectivity index (χ1) is 17.7. The number of aromatic nitrogens is 2. The van der Waals surface area contributed by atoms with Crippen LogP contribution in [-0.4, -0.2) is 69.4 Å². The van der Waals surface area contributed by atoms with E-state index in [4.69, 9.17) is 0 Å². The molecule has 7 nitrogen and oxygen atoms in total. The average Bonchev–Trinajstić information content (AvgIpc) is 3.32. The number of piperazine rings is 1. The predicted molar refractivity (Wildman–Crippen MR) is 131 cm³/mol. The molecule has 2 aliphatic rings. The van der Waals surface area contributed by atoms with Gasteiger partial charge in [-0.05, 0) is 36.8 Å². The molecule has 1 N–H and O–H groups in total. The zero-order chi connectivity index (χ0) is 26.2. The van der Waals surface area contributed by atoms with Crippen molar-refractivity contribution < 1.29 is 22.8 Å². The van der Waals surface area contributed by atoms with Gasteiger partial charge in [0.05, 0.1) is 12.1 Å². The number of rotatable bonds is 4. The van der Waals surface area contributed by atoms with Crippen molar-refractivity contribution in [2.75, 3.05) is 32.7 Å². The smallest absolute Gasteiger partial charge is 0.335 e. The molecular weight excluding hydrogens is 483 g/mol. The number of nitrogens with zero attached hydrogens (tertiary/aromatic N) is 4. The molecule has 1 aromatic heterocycles. The number of fused-ring (bicyclic) bond motifs is 1. The van der Waals surface area contributed by atoms with Gasteiger partial charge in [0.2, 0.25) is 0 Å². The highest BCUT2D eigenvalue weighted by atomic mass is 19.4. The van der Waals surface area contributed by atoms with Crippen LogP contribution in [0.4, 0.5) is 13.2 Å². The van der Waals surface area contributed by atoms with Gasteiger partial charge in [-0.3, -0.25) is 19.6 Å². The Morgan fingerprint density at radius 1 is 0.892 bits per heavy atom. The molecule has 194 valence electrons. The van der Waals surface area contributed by atoms with Crippen LogP contribution in [0.15, 0.2) is 48.5 Å². The number of H-pyrrole nitrogens is 1. The van der Waals surface area contributed by atoms with Crippen molar-refractivity contribution in [1.29, 1.82) is 0 Å². The molecule has 0 aliphatic carbocycles. The third kappa shape index (κ3) is 5.39. The number of carbonyl (C=O) groups excluding carboxylic acids is 2. The third-order valence-electron chi connectivity index (χ3n) is 7.07. The van der Waals surface area contributed by atoms with Gasteiger partial charge in [-0.25, -0.2) is 0 Å². The lowest BCUT2D eigenvalue weighted by atomic mass is 10.0. The number of alkyl halides is 3. The minimum absolute atomic E-state index is 0.170. The number of nitrogens with one attached hydrogen (secondary N) is 1. The van der Waals surface area contributed by atoms with Crippen LogP contribution in [0.2, 0.25) is 0 Å². The van der Waals surface area contributed by atoms with E-state index in [1.54, 1.807) is 9.80 Å². The SMILES string of the molecule is Cc1ccc(CN2CCN(C(=O)c3n[nH]c4c3CN(C(=O)c3ccc(C(F)(F)F)cc3)CC4)CC2)cc1. The fourth-order valence-electron chi connectivity index (χ4n) is 4.84. The number of benzene rings is 2. The number of hydrogen-bond acceptors (Lipinski definition) is 4. The average molecular weight is 512 g/mol. The minimum Gasteiger partial charge on any atom is -0.335 e. The fourth-order valence-corrected chi connectivity index (χ4v) is 4.84. The van der Waals surface area contributed by atoms with Crippen molar-refractivity contribution in [1.82, 2.24) is 24.9 Å². The minimum atomic E-state index is -4.46. The number of aromatic amines is 1. The number of aryl methyl sites for hydroxylation is 1. The van der Waals surface area contributed by atoms with Crippen LogP contribution < -0.4 is 0 Å². The lowest BCUT2D eigenvalue weighted by molar-refractivity contribution is -0.137. The second-order valence-corrected chi connectivity index (χ2v) is 9.64. The maximum atomic E-state index is 13.3. The second kappa shape index (κ2) is 10.0. The van der Waals surface area contributed by atoms with E-state index in [-0.39, 0.29) is 23.9 Å². The Bertz CT molecular complexity index is 1280. The summed E-state index contributed by atoms with van der Waals surface area (Å²) in [5.74, 6) is -0.542. The summed E-state index contributed by atoms with van der Waals surface area (Å²) >= 11 is 0. The van der Waals surface area contributed by atoms with Gasteiger partial charge in [-0.2, -0.15) is 18.3 Å². The molecule has 0 atom stereocenters. The quantitative estimate of drug-likeness (QED) is 0.577. The Hall–Kier alpha value is -3.66. The van der Waals surface area contributed by atoms with Gasteiger partial charge >= 0.3 is 6.18 Å². The standard InChI is InChI=1S/C27H28F3N5O2/c1-18-2-4-19(5-3-18)16-33-12-14-34(15-13-33)26(37)24-22-17-35(11-10-23(22)31-32-24)25(36)20-6-8-21(9-7-20)27(28,29)30/h2-9H,10-17H2,1H3,(H,31,32). The van der Waals surface area contributed by atoms with Gasteiger partial charge < -0.3 is 9.80 Å². The Morgan fingerprint density at radius 2 is 1.57 bits per heavy atom. The molecule has 3 heterocycles. The summed E-state index contributed by atoms with van der Waals surface area (Å²) < 4.78 is 38.6. The van der Waals surface area contributed by atoms with Crippen molar-refractivity contribution in [3.63, 3.8) is 0 Å². The largest absolute Gasteiger partial charge is 0.416 e. The summed E-state index contributed by atoms with van der Waals surface area (Å²) in [6.07, 6.45) is -3.97. The summed E-state index contributed by atoms with van der Waals surface area (Å²) in [5, 5.41) is 7.22. The predicted octanol–water partition coefficient (Wildman–Crippen LogP) is 3.89. The van der Waals surface area contributed by atoms with Crippen LogP contribution in [0.1, 0.15) is 48.8 Å². The second-order valence-electron chi connectivity index (χ2n) is 9.64. The molecule has 1 fully saturated rings. The molecule has 1 saturated heterocycles. The van der Waals surface area contributed by atoms with Crippen LogP contribution >= 0.6 is 0 Å². The van der Waals surface area contributed by atoms with E-state index in [1.165, 1.54) is 23.3 Å². The Kier molecular flexibility index (Phi) is 6.76. The zero-order valence-electron chi connectivity index (χ0n) is 20.5. The van der Waals surface area contributed by atoms with Gasteiger partial charge in [0.1, 0.15) is 0 Å².